The van der Waals surface area contributed by atoms with Gasteiger partial charge >= 0.3 is 12.1 Å². The number of carbonyl (C=O) groups is 2. The summed E-state index contributed by atoms with van der Waals surface area (Å²) in [7, 11) is -3.01. The zero-order chi connectivity index (χ0) is 23.1. The third kappa shape index (κ3) is 4.07. The van der Waals surface area contributed by atoms with Gasteiger partial charge in [-0.05, 0) is 29.7 Å². The molecule has 12 heteroatoms. The minimum atomic E-state index is -4.78. The van der Waals surface area contributed by atoms with Crippen molar-refractivity contribution in [2.24, 2.45) is 0 Å². The summed E-state index contributed by atoms with van der Waals surface area (Å²) in [5, 5.41) is 0. The molecule has 1 aromatic carbocycles. The highest BCUT2D eigenvalue weighted by Gasteiger charge is 2.44. The molecule has 0 unspecified atom stereocenters. The topological polar surface area (TPSA) is 103 Å². The molecule has 0 N–H and O–H groups in total. The molecule has 0 saturated carbocycles. The number of hydrogen-bond donors (Lipinski definition) is 0. The fourth-order valence-corrected chi connectivity index (χ4v) is 4.48. The average Bonchev–Trinajstić information content (AvgIpc) is 2.90. The molecule has 0 saturated heterocycles. The van der Waals surface area contributed by atoms with Crippen LogP contribution in [0.25, 0.3) is 0 Å². The van der Waals surface area contributed by atoms with Crippen molar-refractivity contribution < 1.29 is 40.7 Å². The minimum absolute atomic E-state index is 0.0601. The van der Waals surface area contributed by atoms with E-state index in [1.165, 1.54) is 13.2 Å². The van der Waals surface area contributed by atoms with Crippen LogP contribution in [-0.2, 0) is 20.9 Å². The fourth-order valence-electron chi connectivity index (χ4n) is 3.01. The lowest BCUT2D eigenvalue weighted by atomic mass is 9.96. The quantitative estimate of drug-likeness (QED) is 0.634. The van der Waals surface area contributed by atoms with Crippen molar-refractivity contribution in [2.45, 2.75) is 30.8 Å². The second kappa shape index (κ2) is 7.84. The van der Waals surface area contributed by atoms with Gasteiger partial charge in [0.15, 0.2) is 6.73 Å². The van der Waals surface area contributed by atoms with Crippen LogP contribution in [0.2, 0.25) is 0 Å². The number of aromatic nitrogens is 1. The van der Waals surface area contributed by atoms with Gasteiger partial charge in [0, 0.05) is 12.3 Å². The smallest absolute Gasteiger partial charge is 0.433 e. The Bertz CT molecular complexity index is 1160. The highest BCUT2D eigenvalue weighted by molar-refractivity contribution is 7.90. The highest BCUT2D eigenvalue weighted by Crippen LogP contribution is 2.38. The summed E-state index contributed by atoms with van der Waals surface area (Å²) in [5.41, 5.74) is -1.43. The number of methoxy groups -OCH3 is 1. The lowest BCUT2D eigenvalue weighted by Gasteiger charge is -2.15. The van der Waals surface area contributed by atoms with Crippen molar-refractivity contribution in [3.05, 3.63) is 52.8 Å². The standard InChI is InChI=1S/C19H17F3N2O6S/c1-10(2)13-7-12(29-3)8-14-16(13)17(25)24(31(14,27)28)9-30-18(26)11-4-5-23-15(6-11)19(20,21)22/h4-8,10H,9H2,1-3H3. The van der Waals surface area contributed by atoms with Gasteiger partial charge in [-0.3, -0.25) is 9.78 Å². The van der Waals surface area contributed by atoms with E-state index < -0.39 is 46.1 Å². The Hall–Kier alpha value is -3.15. The first-order valence-electron chi connectivity index (χ1n) is 8.87. The van der Waals surface area contributed by atoms with E-state index in [0.29, 0.717) is 15.9 Å². The predicted molar refractivity (Wildman–Crippen MR) is 100.0 cm³/mol. The Kier molecular flexibility index (Phi) is 5.70. The van der Waals surface area contributed by atoms with Gasteiger partial charge in [0.05, 0.1) is 18.2 Å². The summed E-state index contributed by atoms with van der Waals surface area (Å²) < 4.78 is 74.4. The van der Waals surface area contributed by atoms with Gasteiger partial charge in [-0.25, -0.2) is 13.2 Å². The van der Waals surface area contributed by atoms with Crippen LogP contribution in [0, 0.1) is 0 Å². The molecule has 0 aliphatic carbocycles. The van der Waals surface area contributed by atoms with Gasteiger partial charge in [0.25, 0.3) is 15.9 Å². The van der Waals surface area contributed by atoms with E-state index in [1.54, 1.807) is 19.9 Å². The van der Waals surface area contributed by atoms with Gasteiger partial charge in [-0.1, -0.05) is 13.8 Å². The van der Waals surface area contributed by atoms with Crippen LogP contribution in [0.1, 0.15) is 51.7 Å². The van der Waals surface area contributed by atoms with Gasteiger partial charge in [-0.15, -0.1) is 0 Å². The van der Waals surface area contributed by atoms with Crippen molar-refractivity contribution in [2.75, 3.05) is 13.8 Å². The van der Waals surface area contributed by atoms with E-state index in [1.807, 2.05) is 0 Å². The molecule has 1 aliphatic heterocycles. The molecule has 0 radical (unpaired) electrons. The first-order valence-corrected chi connectivity index (χ1v) is 10.3. The Balaban J connectivity index is 1.89. The molecule has 0 bridgehead atoms. The highest BCUT2D eigenvalue weighted by atomic mass is 32.2. The van der Waals surface area contributed by atoms with Crippen LogP contribution in [0.3, 0.4) is 0 Å². The largest absolute Gasteiger partial charge is 0.497 e. The van der Waals surface area contributed by atoms with Crippen LogP contribution >= 0.6 is 0 Å². The molecular formula is C19H17F3N2O6S. The number of rotatable bonds is 5. The molecule has 2 aromatic rings. The number of amides is 1. The molecule has 8 nitrogen and oxygen atoms in total. The van der Waals surface area contributed by atoms with E-state index in [9.17, 15) is 31.2 Å². The van der Waals surface area contributed by atoms with Crippen molar-refractivity contribution in [3.63, 3.8) is 0 Å². The lowest BCUT2D eigenvalue weighted by molar-refractivity contribution is -0.141. The average molecular weight is 458 g/mol. The summed E-state index contributed by atoms with van der Waals surface area (Å²) in [4.78, 5) is 27.8. The predicted octanol–water partition coefficient (Wildman–Crippen LogP) is 3.19. The van der Waals surface area contributed by atoms with E-state index in [4.69, 9.17) is 9.47 Å². The first kappa shape index (κ1) is 22.5. The summed E-state index contributed by atoms with van der Waals surface area (Å²) in [6.45, 7) is 2.52. The minimum Gasteiger partial charge on any atom is -0.497 e. The number of pyridine rings is 1. The van der Waals surface area contributed by atoms with E-state index in [0.717, 1.165) is 12.3 Å². The van der Waals surface area contributed by atoms with Crippen molar-refractivity contribution in [1.29, 1.82) is 0 Å². The van der Waals surface area contributed by atoms with E-state index in [2.05, 4.69) is 4.98 Å². The maximum Gasteiger partial charge on any atom is 0.433 e. The SMILES string of the molecule is COc1cc(C(C)C)c2c(c1)S(=O)(=O)N(COC(=O)c1ccnc(C(F)(F)F)c1)C2=O. The molecule has 1 aromatic heterocycles. The number of fused-ring (bicyclic) bond motifs is 1. The number of benzene rings is 1. The summed E-state index contributed by atoms with van der Waals surface area (Å²) in [6.07, 6.45) is -4.01. The zero-order valence-corrected chi connectivity index (χ0v) is 17.4. The molecule has 166 valence electrons. The number of ether oxygens (including phenoxy) is 2. The molecule has 0 atom stereocenters. The normalized spacial score (nSPS) is 15.2. The second-order valence-electron chi connectivity index (χ2n) is 6.89. The molecule has 1 aliphatic rings. The van der Waals surface area contributed by atoms with Crippen molar-refractivity contribution in [1.82, 2.24) is 9.29 Å². The summed E-state index contributed by atoms with van der Waals surface area (Å²) in [5.74, 6) is -2.13. The Labute approximate surface area is 175 Å². The first-order chi connectivity index (χ1) is 14.4. The van der Waals surface area contributed by atoms with Crippen molar-refractivity contribution in [3.8, 4) is 5.75 Å². The number of sulfonamides is 1. The Morgan fingerprint density at radius 2 is 1.90 bits per heavy atom. The Morgan fingerprint density at radius 1 is 1.23 bits per heavy atom. The third-order valence-electron chi connectivity index (χ3n) is 4.57. The monoisotopic (exact) mass is 458 g/mol. The molecule has 0 fully saturated rings. The van der Waals surface area contributed by atoms with E-state index in [-0.39, 0.29) is 22.1 Å². The summed E-state index contributed by atoms with van der Waals surface area (Å²) >= 11 is 0. The number of esters is 1. The van der Waals surface area contributed by atoms with Crippen LogP contribution in [0.5, 0.6) is 5.75 Å². The number of carbonyl (C=O) groups excluding carboxylic acids is 2. The fraction of sp³-hybridized carbons (Fsp3) is 0.316. The maximum absolute atomic E-state index is 12.9. The van der Waals surface area contributed by atoms with Crippen LogP contribution in [0.4, 0.5) is 13.2 Å². The number of nitrogens with zero attached hydrogens (tertiary/aromatic N) is 2. The second-order valence-corrected chi connectivity index (χ2v) is 8.72. The molecule has 1 amide bonds. The number of halogens is 3. The van der Waals surface area contributed by atoms with Gasteiger partial charge in [0.1, 0.15) is 16.3 Å². The van der Waals surface area contributed by atoms with Gasteiger partial charge in [0.2, 0.25) is 0 Å². The molecule has 3 rings (SSSR count). The maximum atomic E-state index is 12.9. The zero-order valence-electron chi connectivity index (χ0n) is 16.6. The molecule has 31 heavy (non-hydrogen) atoms. The van der Waals surface area contributed by atoms with Crippen LogP contribution in [0.15, 0.2) is 35.4 Å². The van der Waals surface area contributed by atoms with Crippen LogP contribution in [-0.4, -0.2) is 43.4 Å². The molecule has 0 spiro atoms. The third-order valence-corrected chi connectivity index (χ3v) is 6.30. The Morgan fingerprint density at radius 3 is 2.48 bits per heavy atom. The van der Waals surface area contributed by atoms with Gasteiger partial charge in [-0.2, -0.15) is 17.5 Å². The molecule has 2 heterocycles. The number of alkyl halides is 3. The van der Waals surface area contributed by atoms with E-state index >= 15 is 0 Å². The summed E-state index contributed by atoms with van der Waals surface area (Å²) in [6, 6.07) is 4.18. The molecular weight excluding hydrogens is 441 g/mol. The van der Waals surface area contributed by atoms with Crippen LogP contribution < -0.4 is 4.74 Å². The van der Waals surface area contributed by atoms with Gasteiger partial charge < -0.3 is 9.47 Å². The van der Waals surface area contributed by atoms with Crippen molar-refractivity contribution >= 4 is 21.9 Å². The lowest BCUT2D eigenvalue weighted by Crippen LogP contribution is -2.33. The number of hydrogen-bond acceptors (Lipinski definition) is 7.